The highest BCUT2D eigenvalue weighted by atomic mass is 19.1. The fourth-order valence-electron chi connectivity index (χ4n) is 0.761. The Labute approximate surface area is 63.1 Å². The summed E-state index contributed by atoms with van der Waals surface area (Å²) in [6.45, 7) is 1.44. The van der Waals surface area contributed by atoms with E-state index in [9.17, 15) is 4.39 Å². The summed E-state index contributed by atoms with van der Waals surface area (Å²) < 4.78 is 12.3. The lowest BCUT2D eigenvalue weighted by Crippen LogP contribution is -1.96. The Balaban J connectivity index is 3.09. The van der Waals surface area contributed by atoms with Gasteiger partial charge >= 0.3 is 0 Å². The first-order chi connectivity index (χ1) is 5.11. The highest BCUT2D eigenvalue weighted by Gasteiger charge is 2.08. The summed E-state index contributed by atoms with van der Waals surface area (Å²) >= 11 is 0. The Morgan fingerprint density at radius 1 is 1.64 bits per heavy atom. The van der Waals surface area contributed by atoms with Gasteiger partial charge in [-0.2, -0.15) is 0 Å². The molecular formula is C7H8FNO2. The van der Waals surface area contributed by atoms with Gasteiger partial charge in [0, 0.05) is 6.07 Å². The first-order valence-electron chi connectivity index (χ1n) is 3.13. The van der Waals surface area contributed by atoms with Crippen molar-refractivity contribution in [2.75, 3.05) is 0 Å². The van der Waals surface area contributed by atoms with Crippen molar-refractivity contribution in [3.63, 3.8) is 0 Å². The van der Waals surface area contributed by atoms with Crippen LogP contribution in [0.5, 0.6) is 5.75 Å². The molecule has 1 aromatic rings. The second-order valence-electron chi connectivity index (χ2n) is 2.23. The van der Waals surface area contributed by atoms with Gasteiger partial charge in [0.15, 0.2) is 0 Å². The van der Waals surface area contributed by atoms with E-state index in [0.717, 1.165) is 12.3 Å². The lowest BCUT2D eigenvalue weighted by atomic mass is 10.2. The molecule has 0 spiro atoms. The van der Waals surface area contributed by atoms with Crippen molar-refractivity contribution in [1.29, 1.82) is 0 Å². The molecule has 0 radical (unpaired) electrons. The molecule has 0 fully saturated rings. The number of pyridine rings is 1. The maximum Gasteiger partial charge on any atom is 0.145 e. The normalized spacial score (nSPS) is 13.0. The van der Waals surface area contributed by atoms with E-state index in [1.54, 1.807) is 0 Å². The van der Waals surface area contributed by atoms with Crippen LogP contribution in [0.15, 0.2) is 12.3 Å². The topological polar surface area (TPSA) is 53.4 Å². The second-order valence-corrected chi connectivity index (χ2v) is 2.23. The molecule has 1 unspecified atom stereocenters. The number of halogens is 1. The molecule has 0 saturated heterocycles. The van der Waals surface area contributed by atoms with Crippen molar-refractivity contribution in [1.82, 2.24) is 4.98 Å². The largest absolute Gasteiger partial charge is 0.506 e. The van der Waals surface area contributed by atoms with Crippen molar-refractivity contribution >= 4 is 0 Å². The predicted octanol–water partition coefficient (Wildman–Crippen LogP) is 0.980. The van der Waals surface area contributed by atoms with Crippen LogP contribution in [0.3, 0.4) is 0 Å². The van der Waals surface area contributed by atoms with E-state index in [-0.39, 0.29) is 11.4 Å². The molecule has 1 aromatic heterocycles. The third kappa shape index (κ3) is 1.65. The van der Waals surface area contributed by atoms with Crippen LogP contribution in [-0.4, -0.2) is 15.2 Å². The molecule has 1 atom stereocenters. The SMILES string of the molecule is CC(O)c1ncc(F)cc1O. The van der Waals surface area contributed by atoms with Crippen molar-refractivity contribution < 1.29 is 14.6 Å². The minimum Gasteiger partial charge on any atom is -0.506 e. The molecule has 0 aliphatic heterocycles. The monoisotopic (exact) mass is 157 g/mol. The zero-order valence-corrected chi connectivity index (χ0v) is 5.95. The number of aliphatic hydroxyl groups is 1. The first kappa shape index (κ1) is 7.94. The fraction of sp³-hybridized carbons (Fsp3) is 0.286. The Morgan fingerprint density at radius 3 is 2.73 bits per heavy atom. The van der Waals surface area contributed by atoms with Gasteiger partial charge in [0.1, 0.15) is 17.3 Å². The average molecular weight is 157 g/mol. The Morgan fingerprint density at radius 2 is 2.27 bits per heavy atom. The quantitative estimate of drug-likeness (QED) is 0.638. The minimum absolute atomic E-state index is 0.0893. The van der Waals surface area contributed by atoms with E-state index in [0.29, 0.717) is 0 Å². The Bertz CT molecular complexity index is 263. The van der Waals surface area contributed by atoms with Crippen LogP contribution in [0.1, 0.15) is 18.7 Å². The summed E-state index contributed by atoms with van der Waals surface area (Å²) in [6, 6.07) is 0.912. The van der Waals surface area contributed by atoms with E-state index >= 15 is 0 Å². The van der Waals surface area contributed by atoms with Gasteiger partial charge in [-0.25, -0.2) is 4.39 Å². The standard InChI is InChI=1S/C7H8FNO2/c1-4(10)7-6(11)2-5(8)3-9-7/h2-4,10-11H,1H3. The average Bonchev–Trinajstić information content (AvgIpc) is 1.85. The number of hydrogen-bond acceptors (Lipinski definition) is 3. The zero-order chi connectivity index (χ0) is 8.43. The third-order valence-electron chi connectivity index (χ3n) is 1.26. The summed E-state index contributed by atoms with van der Waals surface area (Å²) in [6.07, 6.45) is 0.0671. The number of aromatic hydroxyl groups is 1. The number of hydrogen-bond donors (Lipinski definition) is 2. The molecule has 60 valence electrons. The molecule has 2 N–H and O–H groups in total. The molecular weight excluding hydrogens is 149 g/mol. The number of aliphatic hydroxyl groups excluding tert-OH is 1. The van der Waals surface area contributed by atoms with Gasteiger partial charge in [-0.15, -0.1) is 0 Å². The molecule has 0 saturated carbocycles. The molecule has 3 nitrogen and oxygen atoms in total. The predicted molar refractivity (Wildman–Crippen MR) is 36.5 cm³/mol. The van der Waals surface area contributed by atoms with Gasteiger partial charge in [-0.05, 0) is 6.92 Å². The molecule has 0 bridgehead atoms. The molecule has 0 aromatic carbocycles. The van der Waals surface area contributed by atoms with Crippen LogP contribution in [-0.2, 0) is 0 Å². The molecule has 11 heavy (non-hydrogen) atoms. The summed E-state index contributed by atoms with van der Waals surface area (Å²) in [5, 5.41) is 17.9. The van der Waals surface area contributed by atoms with Gasteiger partial charge in [0.2, 0.25) is 0 Å². The summed E-state index contributed by atoms with van der Waals surface area (Å²) in [5.41, 5.74) is 0.0893. The van der Waals surface area contributed by atoms with Gasteiger partial charge in [-0.1, -0.05) is 0 Å². The highest BCUT2D eigenvalue weighted by Crippen LogP contribution is 2.21. The van der Waals surface area contributed by atoms with Crippen LogP contribution in [0.4, 0.5) is 4.39 Å². The Kier molecular flexibility index (Phi) is 2.05. The summed E-state index contributed by atoms with van der Waals surface area (Å²) in [4.78, 5) is 3.50. The lowest BCUT2D eigenvalue weighted by molar-refractivity contribution is 0.189. The third-order valence-corrected chi connectivity index (χ3v) is 1.26. The van der Waals surface area contributed by atoms with E-state index in [1.807, 2.05) is 0 Å². The number of rotatable bonds is 1. The maximum absolute atomic E-state index is 12.3. The fourth-order valence-corrected chi connectivity index (χ4v) is 0.761. The highest BCUT2D eigenvalue weighted by molar-refractivity contribution is 5.27. The van der Waals surface area contributed by atoms with Gasteiger partial charge in [-0.3, -0.25) is 4.98 Å². The van der Waals surface area contributed by atoms with E-state index in [1.165, 1.54) is 6.92 Å². The van der Waals surface area contributed by atoms with Crippen LogP contribution < -0.4 is 0 Å². The minimum atomic E-state index is -0.879. The van der Waals surface area contributed by atoms with Gasteiger partial charge in [0.25, 0.3) is 0 Å². The second kappa shape index (κ2) is 2.84. The first-order valence-corrected chi connectivity index (χ1v) is 3.13. The van der Waals surface area contributed by atoms with Crippen LogP contribution in [0, 0.1) is 5.82 Å². The van der Waals surface area contributed by atoms with Crippen molar-refractivity contribution in [3.05, 3.63) is 23.8 Å². The summed E-state index contributed by atoms with van der Waals surface area (Å²) in [5.74, 6) is -0.938. The molecule has 1 heterocycles. The smallest absolute Gasteiger partial charge is 0.145 e. The summed E-state index contributed by atoms with van der Waals surface area (Å²) in [7, 11) is 0. The van der Waals surface area contributed by atoms with Crippen molar-refractivity contribution in [2.45, 2.75) is 13.0 Å². The van der Waals surface area contributed by atoms with Crippen molar-refractivity contribution in [2.24, 2.45) is 0 Å². The molecule has 0 aliphatic carbocycles. The molecule has 1 rings (SSSR count). The van der Waals surface area contributed by atoms with E-state index < -0.39 is 11.9 Å². The number of aromatic nitrogens is 1. The van der Waals surface area contributed by atoms with Crippen LogP contribution in [0.25, 0.3) is 0 Å². The van der Waals surface area contributed by atoms with Crippen LogP contribution >= 0.6 is 0 Å². The Hall–Kier alpha value is -1.16. The maximum atomic E-state index is 12.3. The molecule has 0 amide bonds. The van der Waals surface area contributed by atoms with E-state index in [4.69, 9.17) is 10.2 Å². The number of nitrogens with zero attached hydrogens (tertiary/aromatic N) is 1. The van der Waals surface area contributed by atoms with E-state index in [2.05, 4.69) is 4.98 Å². The zero-order valence-electron chi connectivity index (χ0n) is 5.95. The van der Waals surface area contributed by atoms with Crippen LogP contribution in [0.2, 0.25) is 0 Å². The molecule has 4 heteroatoms. The molecule has 0 aliphatic rings. The van der Waals surface area contributed by atoms with Crippen molar-refractivity contribution in [3.8, 4) is 5.75 Å². The van der Waals surface area contributed by atoms with Gasteiger partial charge < -0.3 is 10.2 Å². The lowest BCUT2D eigenvalue weighted by Gasteiger charge is -2.04. The van der Waals surface area contributed by atoms with Gasteiger partial charge in [0.05, 0.1) is 12.3 Å².